The lowest BCUT2D eigenvalue weighted by Crippen LogP contribution is -2.40. The molecule has 2 nitrogen and oxygen atoms in total. The van der Waals surface area contributed by atoms with Gasteiger partial charge in [0.25, 0.3) is 10.2 Å². The first-order valence-corrected chi connectivity index (χ1v) is 6.84. The molecule has 0 aromatic rings. The molecule has 2 unspecified atom stereocenters. The smallest absolute Gasteiger partial charge is 0.308 e. The molecule has 0 aromatic carbocycles. The monoisotopic (exact) mass is 280 g/mol. The highest BCUT2D eigenvalue weighted by atomic mass is 32.5. The van der Waals surface area contributed by atoms with E-state index in [2.05, 4.69) is 0 Å². The van der Waals surface area contributed by atoms with Crippen molar-refractivity contribution in [1.82, 2.24) is 0 Å². The fourth-order valence-corrected chi connectivity index (χ4v) is 3.37. The molecule has 0 radical (unpaired) electrons. The molecule has 0 spiro atoms. The summed E-state index contributed by atoms with van der Waals surface area (Å²) >= 11 is 0. The van der Waals surface area contributed by atoms with Crippen molar-refractivity contribution < 1.29 is 29.3 Å². The summed E-state index contributed by atoms with van der Waals surface area (Å²) in [5.41, 5.74) is 0.635. The number of hydrogen-bond acceptors (Lipinski definition) is 1. The van der Waals surface area contributed by atoms with Gasteiger partial charge in [-0.3, -0.25) is 4.79 Å². The van der Waals surface area contributed by atoms with Crippen LogP contribution in [0, 0.1) is 5.92 Å². The number of rotatable bonds is 2. The van der Waals surface area contributed by atoms with Crippen molar-refractivity contribution in [3.63, 3.8) is 0 Å². The SMILES string of the molecule is CC1=C(C)CC(S(F)(F)(F)(F)F)C(C(=O)O)C1. The van der Waals surface area contributed by atoms with Gasteiger partial charge in [-0.1, -0.05) is 30.6 Å². The number of aliphatic carboxylic acids is 1. The zero-order chi connectivity index (χ0) is 13.7. The molecule has 1 aliphatic carbocycles. The second kappa shape index (κ2) is 3.15. The van der Waals surface area contributed by atoms with Crippen LogP contribution in [0.3, 0.4) is 0 Å². The largest absolute Gasteiger partial charge is 0.481 e. The Bertz CT molecular complexity index is 396. The summed E-state index contributed by atoms with van der Waals surface area (Å²) < 4.78 is 63.6. The molecule has 0 bridgehead atoms. The van der Waals surface area contributed by atoms with E-state index in [4.69, 9.17) is 5.11 Å². The Morgan fingerprint density at radius 3 is 1.88 bits per heavy atom. The summed E-state index contributed by atoms with van der Waals surface area (Å²) in [6.45, 7) is 2.79. The molecule has 1 rings (SSSR count). The summed E-state index contributed by atoms with van der Waals surface area (Å²) in [4.78, 5) is 10.7. The van der Waals surface area contributed by atoms with Gasteiger partial charge < -0.3 is 5.11 Å². The van der Waals surface area contributed by atoms with Crippen molar-refractivity contribution in [3.05, 3.63) is 11.1 Å². The molecule has 17 heavy (non-hydrogen) atoms. The fourth-order valence-electron chi connectivity index (χ4n) is 1.97. The first-order chi connectivity index (χ1) is 7.22. The average molecular weight is 280 g/mol. The topological polar surface area (TPSA) is 37.3 Å². The van der Waals surface area contributed by atoms with E-state index in [1.165, 1.54) is 13.8 Å². The van der Waals surface area contributed by atoms with E-state index >= 15 is 0 Å². The fraction of sp³-hybridized carbons (Fsp3) is 0.667. The van der Waals surface area contributed by atoms with Crippen molar-refractivity contribution in [2.75, 3.05) is 0 Å². The van der Waals surface area contributed by atoms with Crippen LogP contribution in [0.5, 0.6) is 0 Å². The van der Waals surface area contributed by atoms with Crippen LogP contribution in [0.15, 0.2) is 11.1 Å². The van der Waals surface area contributed by atoms with Gasteiger partial charge >= 0.3 is 5.97 Å². The average Bonchev–Trinajstić information content (AvgIpc) is 2.04. The molecule has 8 heteroatoms. The number of carbonyl (C=O) groups is 1. The Morgan fingerprint density at radius 1 is 1.12 bits per heavy atom. The van der Waals surface area contributed by atoms with Gasteiger partial charge in [-0.2, -0.15) is 0 Å². The van der Waals surface area contributed by atoms with E-state index in [0.29, 0.717) is 5.57 Å². The molecule has 102 valence electrons. The number of allylic oxidation sites excluding steroid dienone is 2. The minimum Gasteiger partial charge on any atom is -0.481 e. The quantitative estimate of drug-likeness (QED) is 0.598. The van der Waals surface area contributed by atoms with E-state index in [9.17, 15) is 24.2 Å². The maximum Gasteiger partial charge on any atom is 0.308 e. The molecule has 0 amide bonds. The number of halogens is 5. The molecule has 0 saturated heterocycles. The Balaban J connectivity index is 3.29. The molecule has 0 aromatic heterocycles. The van der Waals surface area contributed by atoms with E-state index in [1.54, 1.807) is 0 Å². The Kier molecular flexibility index (Phi) is 2.65. The molecule has 2 atom stereocenters. The van der Waals surface area contributed by atoms with Gasteiger partial charge in [0, 0.05) is 0 Å². The zero-order valence-electron chi connectivity index (χ0n) is 9.22. The predicted octanol–water partition coefficient (Wildman–Crippen LogP) is 4.48. The van der Waals surface area contributed by atoms with Crippen molar-refractivity contribution in [1.29, 1.82) is 0 Å². The van der Waals surface area contributed by atoms with Gasteiger partial charge in [0.1, 0.15) is 5.25 Å². The third-order valence-corrected chi connectivity index (χ3v) is 4.74. The summed E-state index contributed by atoms with van der Waals surface area (Å²) in [7, 11) is -9.78. The standard InChI is InChI=1S/C9H13F5O2S/c1-5-3-7(9(15)16)8(4-6(5)2)17(10,11,12,13)14/h7-8H,3-4H2,1-2H3,(H,15,16). The number of carboxylic acid groups (broad SMARTS) is 1. The summed E-state index contributed by atoms with van der Waals surface area (Å²) in [5, 5.41) is 5.61. The molecule has 0 saturated carbocycles. The van der Waals surface area contributed by atoms with E-state index in [0.717, 1.165) is 0 Å². The highest BCUT2D eigenvalue weighted by Gasteiger charge is 2.72. The summed E-state index contributed by atoms with van der Waals surface area (Å²) in [6.07, 6.45) is -1.40. The Hall–Kier alpha value is -0.790. The van der Waals surface area contributed by atoms with Crippen molar-refractivity contribution >= 4 is 16.2 Å². The molecule has 0 heterocycles. The van der Waals surface area contributed by atoms with Gasteiger partial charge in [0.15, 0.2) is 0 Å². The minimum atomic E-state index is -9.78. The van der Waals surface area contributed by atoms with Crippen LogP contribution in [0.4, 0.5) is 19.4 Å². The summed E-state index contributed by atoms with van der Waals surface area (Å²) in [5.74, 6) is -3.91. The Labute approximate surface area is 95.2 Å². The van der Waals surface area contributed by atoms with Crippen LogP contribution in [-0.2, 0) is 4.79 Å². The van der Waals surface area contributed by atoms with Gasteiger partial charge in [-0.05, 0) is 26.7 Å². The van der Waals surface area contributed by atoms with Crippen LogP contribution in [0.1, 0.15) is 26.7 Å². The molecular formula is C9H13F5O2S. The molecular weight excluding hydrogens is 267 g/mol. The van der Waals surface area contributed by atoms with E-state index < -0.39 is 40.2 Å². The minimum absolute atomic E-state index is 0.195. The van der Waals surface area contributed by atoms with Gasteiger partial charge in [-0.15, -0.1) is 0 Å². The molecule has 0 aliphatic heterocycles. The lowest BCUT2D eigenvalue weighted by molar-refractivity contribution is -0.142. The highest BCUT2D eigenvalue weighted by Crippen LogP contribution is 3.01. The molecule has 0 fully saturated rings. The Morgan fingerprint density at radius 2 is 1.53 bits per heavy atom. The van der Waals surface area contributed by atoms with E-state index in [-0.39, 0.29) is 5.57 Å². The molecule has 1 aliphatic rings. The van der Waals surface area contributed by atoms with Crippen LogP contribution in [0.2, 0.25) is 0 Å². The van der Waals surface area contributed by atoms with Crippen molar-refractivity contribution in [3.8, 4) is 0 Å². The van der Waals surface area contributed by atoms with Gasteiger partial charge in [0.2, 0.25) is 0 Å². The van der Waals surface area contributed by atoms with Crippen molar-refractivity contribution in [2.24, 2.45) is 5.92 Å². The predicted molar refractivity (Wildman–Crippen MR) is 55.7 cm³/mol. The number of hydrogen-bond donors (Lipinski definition) is 1. The maximum absolute atomic E-state index is 12.7. The van der Waals surface area contributed by atoms with Crippen LogP contribution < -0.4 is 0 Å². The number of carboxylic acids is 1. The highest BCUT2D eigenvalue weighted by molar-refractivity contribution is 8.46. The second-order valence-electron chi connectivity index (χ2n) is 4.48. The van der Waals surface area contributed by atoms with Crippen LogP contribution in [-0.4, -0.2) is 16.3 Å². The summed E-state index contributed by atoms with van der Waals surface area (Å²) in [6, 6.07) is 0. The third-order valence-electron chi connectivity index (χ3n) is 3.10. The van der Waals surface area contributed by atoms with Gasteiger partial charge in [-0.25, -0.2) is 0 Å². The van der Waals surface area contributed by atoms with E-state index in [1.807, 2.05) is 0 Å². The first kappa shape index (κ1) is 14.3. The maximum atomic E-state index is 12.7. The lowest BCUT2D eigenvalue weighted by Gasteiger charge is -2.50. The zero-order valence-corrected chi connectivity index (χ0v) is 10.0. The van der Waals surface area contributed by atoms with Crippen LogP contribution in [0.25, 0.3) is 0 Å². The second-order valence-corrected chi connectivity index (χ2v) is 7.14. The van der Waals surface area contributed by atoms with Crippen molar-refractivity contribution in [2.45, 2.75) is 31.9 Å². The third kappa shape index (κ3) is 3.11. The molecule has 1 N–H and O–H groups in total. The normalized spacial score (nSPS) is 30.8. The first-order valence-electron chi connectivity index (χ1n) is 4.83. The lowest BCUT2D eigenvalue weighted by atomic mass is 9.85. The van der Waals surface area contributed by atoms with Gasteiger partial charge in [0.05, 0.1) is 5.92 Å². The van der Waals surface area contributed by atoms with Crippen LogP contribution >= 0.6 is 10.2 Å².